The molecule has 2 amide bonds. The van der Waals surface area contributed by atoms with Crippen LogP contribution in [-0.4, -0.2) is 65.4 Å². The van der Waals surface area contributed by atoms with Crippen LogP contribution < -0.4 is 4.90 Å². The second kappa shape index (κ2) is 6.61. The van der Waals surface area contributed by atoms with Crippen LogP contribution in [0.3, 0.4) is 0 Å². The number of carbonyl (C=O) groups excluding carboxylic acids is 2. The highest BCUT2D eigenvalue weighted by atomic mass is 16.2. The number of nitriles is 1. The van der Waals surface area contributed by atoms with Crippen LogP contribution in [0.4, 0.5) is 5.69 Å². The minimum Gasteiger partial charge on any atom is -0.339 e. The van der Waals surface area contributed by atoms with Gasteiger partial charge in [0.1, 0.15) is 5.41 Å². The maximum atomic E-state index is 13.1. The van der Waals surface area contributed by atoms with Crippen molar-refractivity contribution in [1.82, 2.24) is 14.8 Å². The largest absolute Gasteiger partial charge is 0.339 e. The van der Waals surface area contributed by atoms with E-state index < -0.39 is 5.41 Å². The average Bonchev–Trinajstić information content (AvgIpc) is 3.34. The van der Waals surface area contributed by atoms with Crippen LogP contribution in [0.15, 0.2) is 24.5 Å². The van der Waals surface area contributed by atoms with Crippen molar-refractivity contribution in [3.05, 3.63) is 24.5 Å². The van der Waals surface area contributed by atoms with Crippen molar-refractivity contribution in [2.45, 2.75) is 37.6 Å². The second-order valence-corrected chi connectivity index (χ2v) is 8.15. The van der Waals surface area contributed by atoms with E-state index in [1.54, 1.807) is 17.3 Å². The smallest absolute Gasteiger partial charge is 0.243 e. The topological polar surface area (TPSA) is 80.5 Å². The van der Waals surface area contributed by atoms with E-state index in [4.69, 9.17) is 0 Å². The maximum Gasteiger partial charge on any atom is 0.243 e. The van der Waals surface area contributed by atoms with Crippen LogP contribution in [0.5, 0.6) is 0 Å². The molecule has 3 heterocycles. The summed E-state index contributed by atoms with van der Waals surface area (Å²) >= 11 is 0. The molecule has 0 aromatic carbocycles. The summed E-state index contributed by atoms with van der Waals surface area (Å²) in [5.74, 6) is 0.0304. The van der Waals surface area contributed by atoms with Gasteiger partial charge in [-0.15, -0.1) is 0 Å². The third kappa shape index (κ3) is 2.88. The number of rotatable bonds is 2. The van der Waals surface area contributed by atoms with Crippen LogP contribution >= 0.6 is 0 Å². The number of nitrogens with zero attached hydrogens (tertiary/aromatic N) is 5. The third-order valence-corrected chi connectivity index (χ3v) is 6.59. The predicted octanol–water partition coefficient (Wildman–Crippen LogP) is 1.42. The standard InChI is InChI=1S/C20H25N5O2/c1-23-12-17(26)25(16-5-4-9-22-11-16)15-20(23)8-10-24(14-20)18(27)19(13-21)6-2-3-7-19/h4-5,9,11H,2-3,6-8,10,12,14-15H2,1H3. The lowest BCUT2D eigenvalue weighted by atomic mass is 9.86. The minimum atomic E-state index is -0.836. The monoisotopic (exact) mass is 367 g/mol. The first-order chi connectivity index (χ1) is 13.0. The van der Waals surface area contributed by atoms with Crippen molar-refractivity contribution in [3.63, 3.8) is 0 Å². The zero-order valence-corrected chi connectivity index (χ0v) is 15.7. The fourth-order valence-corrected chi connectivity index (χ4v) is 4.83. The van der Waals surface area contributed by atoms with Crippen LogP contribution in [0.2, 0.25) is 0 Å². The van der Waals surface area contributed by atoms with E-state index >= 15 is 0 Å². The lowest BCUT2D eigenvalue weighted by molar-refractivity contribution is -0.138. The summed E-state index contributed by atoms with van der Waals surface area (Å²) in [7, 11) is 1.96. The summed E-state index contributed by atoms with van der Waals surface area (Å²) < 4.78 is 0. The normalized spacial score (nSPS) is 27.9. The Hall–Kier alpha value is -2.46. The number of hydrogen-bond acceptors (Lipinski definition) is 5. The average molecular weight is 367 g/mol. The molecule has 0 bridgehead atoms. The molecule has 0 N–H and O–H groups in total. The Bertz CT molecular complexity index is 783. The Morgan fingerprint density at radius 2 is 2.04 bits per heavy atom. The number of pyridine rings is 1. The van der Waals surface area contributed by atoms with E-state index in [-0.39, 0.29) is 17.4 Å². The van der Waals surface area contributed by atoms with Crippen LogP contribution in [0.1, 0.15) is 32.1 Å². The Balaban J connectivity index is 1.56. The van der Waals surface area contributed by atoms with Crippen LogP contribution in [0.25, 0.3) is 0 Å². The van der Waals surface area contributed by atoms with Crippen molar-refractivity contribution in [2.75, 3.05) is 38.1 Å². The molecule has 1 saturated carbocycles. The van der Waals surface area contributed by atoms with Gasteiger partial charge in [0.05, 0.1) is 30.0 Å². The van der Waals surface area contributed by atoms with Gasteiger partial charge in [0.2, 0.25) is 11.8 Å². The van der Waals surface area contributed by atoms with Gasteiger partial charge < -0.3 is 9.80 Å². The van der Waals surface area contributed by atoms with Crippen molar-refractivity contribution >= 4 is 17.5 Å². The summed E-state index contributed by atoms with van der Waals surface area (Å²) in [6.07, 6.45) is 7.43. The summed E-state index contributed by atoms with van der Waals surface area (Å²) in [6, 6.07) is 6.04. The minimum absolute atomic E-state index is 0.0161. The second-order valence-electron chi connectivity index (χ2n) is 8.15. The fraction of sp³-hybridized carbons (Fsp3) is 0.600. The van der Waals surface area contributed by atoms with E-state index in [2.05, 4.69) is 16.0 Å². The maximum absolute atomic E-state index is 13.1. The molecule has 7 nitrogen and oxygen atoms in total. The van der Waals surface area contributed by atoms with Gasteiger partial charge in [-0.1, -0.05) is 12.8 Å². The Labute approximate surface area is 159 Å². The van der Waals surface area contributed by atoms with E-state index in [0.29, 0.717) is 39.0 Å². The van der Waals surface area contributed by atoms with Gasteiger partial charge in [0, 0.05) is 25.8 Å². The molecule has 3 aliphatic rings. The Kier molecular flexibility index (Phi) is 4.39. The van der Waals surface area contributed by atoms with Gasteiger partial charge in [0.15, 0.2) is 0 Å². The van der Waals surface area contributed by atoms with Gasteiger partial charge in [-0.2, -0.15) is 5.26 Å². The highest BCUT2D eigenvalue weighted by Gasteiger charge is 2.52. The molecule has 1 spiro atoms. The molecule has 7 heteroatoms. The quantitative estimate of drug-likeness (QED) is 0.790. The molecule has 142 valence electrons. The number of carbonyl (C=O) groups is 2. The zero-order chi connectivity index (χ0) is 19.1. The molecule has 1 atom stereocenters. The fourth-order valence-electron chi connectivity index (χ4n) is 4.83. The third-order valence-electron chi connectivity index (χ3n) is 6.59. The van der Waals surface area contributed by atoms with E-state index in [0.717, 1.165) is 24.9 Å². The molecular formula is C20H25N5O2. The van der Waals surface area contributed by atoms with E-state index in [9.17, 15) is 14.9 Å². The van der Waals surface area contributed by atoms with Gasteiger partial charge in [-0.25, -0.2) is 0 Å². The van der Waals surface area contributed by atoms with Gasteiger partial charge in [-0.05, 0) is 38.4 Å². The molecule has 1 aromatic heterocycles. The lowest BCUT2D eigenvalue weighted by Gasteiger charge is -2.46. The van der Waals surface area contributed by atoms with Crippen molar-refractivity contribution in [3.8, 4) is 6.07 Å². The summed E-state index contributed by atoms with van der Waals surface area (Å²) in [5, 5.41) is 9.66. The van der Waals surface area contributed by atoms with Gasteiger partial charge in [0.25, 0.3) is 0 Å². The molecule has 0 radical (unpaired) electrons. The first-order valence-electron chi connectivity index (χ1n) is 9.62. The highest BCUT2D eigenvalue weighted by Crippen LogP contribution is 2.41. The number of amides is 2. The molecule has 2 aliphatic heterocycles. The van der Waals surface area contributed by atoms with E-state index in [1.165, 1.54) is 0 Å². The van der Waals surface area contributed by atoms with E-state index in [1.807, 2.05) is 24.1 Å². The summed E-state index contributed by atoms with van der Waals surface area (Å²) in [4.78, 5) is 35.6. The molecule has 27 heavy (non-hydrogen) atoms. The Morgan fingerprint density at radius 1 is 1.26 bits per heavy atom. The number of piperazine rings is 1. The highest BCUT2D eigenvalue weighted by molar-refractivity contribution is 5.96. The zero-order valence-electron chi connectivity index (χ0n) is 15.7. The van der Waals surface area contributed by atoms with Crippen LogP contribution in [0, 0.1) is 16.7 Å². The van der Waals surface area contributed by atoms with Crippen molar-refractivity contribution in [1.29, 1.82) is 5.26 Å². The molecule has 1 unspecified atom stereocenters. The number of likely N-dealkylation sites (N-methyl/N-ethyl adjacent to an activating group) is 1. The number of aromatic nitrogens is 1. The SMILES string of the molecule is CN1CC(=O)N(c2cccnc2)CC12CCN(C(=O)C1(C#N)CCCC1)C2. The molecular weight excluding hydrogens is 342 g/mol. The first kappa shape index (κ1) is 17.9. The molecule has 1 aliphatic carbocycles. The first-order valence-corrected chi connectivity index (χ1v) is 9.62. The predicted molar refractivity (Wildman–Crippen MR) is 99.7 cm³/mol. The van der Waals surface area contributed by atoms with Gasteiger partial charge in [-0.3, -0.25) is 19.5 Å². The van der Waals surface area contributed by atoms with Crippen molar-refractivity contribution < 1.29 is 9.59 Å². The van der Waals surface area contributed by atoms with Crippen molar-refractivity contribution in [2.24, 2.45) is 5.41 Å². The number of likely N-dealkylation sites (tertiary alicyclic amines) is 1. The summed E-state index contributed by atoms with van der Waals surface area (Å²) in [5.41, 5.74) is -0.309. The molecule has 1 aromatic rings. The number of anilines is 1. The van der Waals surface area contributed by atoms with Crippen LogP contribution in [-0.2, 0) is 9.59 Å². The molecule has 2 saturated heterocycles. The lowest BCUT2D eigenvalue weighted by Crippen LogP contribution is -2.64. The number of hydrogen-bond donors (Lipinski definition) is 0. The summed E-state index contributed by atoms with van der Waals surface area (Å²) in [6.45, 7) is 2.06. The Morgan fingerprint density at radius 3 is 2.70 bits per heavy atom. The molecule has 3 fully saturated rings. The van der Waals surface area contributed by atoms with Gasteiger partial charge >= 0.3 is 0 Å². The molecule has 4 rings (SSSR count).